The summed E-state index contributed by atoms with van der Waals surface area (Å²) in [6.07, 6.45) is 6.25. The Hall–Kier alpha value is -2.84. The molecule has 242 valence electrons. The zero-order chi connectivity index (χ0) is 32.9. The Labute approximate surface area is 278 Å². The Kier molecular flexibility index (Phi) is 6.23. The first-order chi connectivity index (χ1) is 21.3. The lowest BCUT2D eigenvalue weighted by molar-refractivity contribution is 0.0512. The molecular formula is C44H54O2. The van der Waals surface area contributed by atoms with E-state index in [1.807, 2.05) is 0 Å². The first-order valence-corrected chi connectivity index (χ1v) is 17.8. The molecule has 2 nitrogen and oxygen atoms in total. The molecule has 2 heterocycles. The Balaban J connectivity index is 1.43. The maximum absolute atomic E-state index is 7.25. The molecule has 46 heavy (non-hydrogen) atoms. The Morgan fingerprint density at radius 1 is 0.565 bits per heavy atom. The van der Waals surface area contributed by atoms with E-state index in [1.54, 1.807) is 0 Å². The molecule has 1 fully saturated rings. The van der Waals surface area contributed by atoms with Crippen LogP contribution in [-0.4, -0.2) is 6.10 Å². The first-order valence-electron chi connectivity index (χ1n) is 17.8. The van der Waals surface area contributed by atoms with Crippen LogP contribution in [0.15, 0.2) is 54.6 Å². The minimum atomic E-state index is -0.0277. The predicted molar refractivity (Wildman–Crippen MR) is 190 cm³/mol. The molecule has 0 radical (unpaired) electrons. The van der Waals surface area contributed by atoms with Gasteiger partial charge in [0.25, 0.3) is 0 Å². The molecule has 7 unspecified atom stereocenters. The monoisotopic (exact) mass is 614 g/mol. The van der Waals surface area contributed by atoms with E-state index in [9.17, 15) is 0 Å². The Morgan fingerprint density at radius 2 is 1.11 bits per heavy atom. The summed E-state index contributed by atoms with van der Waals surface area (Å²) >= 11 is 0. The topological polar surface area (TPSA) is 18.5 Å². The minimum absolute atomic E-state index is 0.0192. The summed E-state index contributed by atoms with van der Waals surface area (Å²) in [7, 11) is 0. The van der Waals surface area contributed by atoms with Crippen molar-refractivity contribution in [1.29, 1.82) is 0 Å². The van der Waals surface area contributed by atoms with Crippen LogP contribution in [-0.2, 0) is 21.0 Å². The molecule has 0 amide bonds. The van der Waals surface area contributed by atoms with Gasteiger partial charge in [-0.2, -0.15) is 0 Å². The third-order valence-electron chi connectivity index (χ3n) is 12.1. The molecule has 7 atom stereocenters. The van der Waals surface area contributed by atoms with Gasteiger partial charge < -0.3 is 9.47 Å². The van der Waals surface area contributed by atoms with E-state index in [0.717, 1.165) is 5.75 Å². The largest absolute Gasteiger partial charge is 0.484 e. The average molecular weight is 615 g/mol. The molecule has 0 saturated carbocycles. The summed E-state index contributed by atoms with van der Waals surface area (Å²) in [5.74, 6) is 2.55. The summed E-state index contributed by atoms with van der Waals surface area (Å²) in [4.78, 5) is 0. The van der Waals surface area contributed by atoms with E-state index >= 15 is 0 Å². The van der Waals surface area contributed by atoms with E-state index in [1.165, 1.54) is 62.1 Å². The molecular weight excluding hydrogens is 560 g/mol. The van der Waals surface area contributed by atoms with Crippen LogP contribution in [0.2, 0.25) is 0 Å². The summed E-state index contributed by atoms with van der Waals surface area (Å²) < 4.78 is 14.4. The molecule has 0 bridgehead atoms. The molecule has 1 saturated heterocycles. The summed E-state index contributed by atoms with van der Waals surface area (Å²) in [6, 6.07) is 17.2. The van der Waals surface area contributed by atoms with Crippen molar-refractivity contribution < 1.29 is 9.47 Å². The van der Waals surface area contributed by atoms with Crippen LogP contribution in [0.3, 0.4) is 0 Å². The van der Waals surface area contributed by atoms with E-state index in [0.29, 0.717) is 17.8 Å². The van der Waals surface area contributed by atoms with Crippen LogP contribution in [0.4, 0.5) is 0 Å². The molecule has 0 aromatic heterocycles. The molecule has 0 spiro atoms. The molecule has 2 aliphatic heterocycles. The van der Waals surface area contributed by atoms with E-state index in [4.69, 9.17) is 9.47 Å². The molecule has 3 aromatic carbocycles. The lowest BCUT2D eigenvalue weighted by atomic mass is 9.60. The van der Waals surface area contributed by atoms with E-state index in [-0.39, 0.29) is 45.9 Å². The molecule has 0 N–H and O–H groups in total. The van der Waals surface area contributed by atoms with Crippen molar-refractivity contribution in [2.45, 2.75) is 136 Å². The highest BCUT2D eigenvalue weighted by Gasteiger charge is 2.55. The Bertz CT molecular complexity index is 1790. The molecule has 3 aliphatic carbocycles. The van der Waals surface area contributed by atoms with Crippen molar-refractivity contribution in [3.05, 3.63) is 99.1 Å². The van der Waals surface area contributed by atoms with E-state index in [2.05, 4.69) is 138 Å². The van der Waals surface area contributed by atoms with Gasteiger partial charge in [0.2, 0.25) is 0 Å². The summed E-state index contributed by atoms with van der Waals surface area (Å²) in [5.41, 5.74) is 14.5. The lowest BCUT2D eigenvalue weighted by Crippen LogP contribution is -2.32. The van der Waals surface area contributed by atoms with Gasteiger partial charge in [-0.1, -0.05) is 132 Å². The number of hydrogen-bond acceptors (Lipinski definition) is 2. The predicted octanol–water partition coefficient (Wildman–Crippen LogP) is 11.6. The van der Waals surface area contributed by atoms with Gasteiger partial charge in [0.05, 0.1) is 18.1 Å². The van der Waals surface area contributed by atoms with Gasteiger partial charge in [0.15, 0.2) is 0 Å². The summed E-state index contributed by atoms with van der Waals surface area (Å²) in [5, 5.41) is 0. The van der Waals surface area contributed by atoms with Gasteiger partial charge in [-0.3, -0.25) is 0 Å². The smallest absolute Gasteiger partial charge is 0.135 e. The van der Waals surface area contributed by atoms with Crippen LogP contribution < -0.4 is 4.74 Å². The van der Waals surface area contributed by atoms with Crippen LogP contribution in [0.5, 0.6) is 5.75 Å². The zero-order valence-corrected chi connectivity index (χ0v) is 30.3. The number of hydrogen-bond donors (Lipinski definition) is 0. The number of rotatable bonds is 0. The second-order valence-corrected chi connectivity index (χ2v) is 19.4. The summed E-state index contributed by atoms with van der Waals surface area (Å²) in [6.45, 7) is 28.3. The highest BCUT2D eigenvalue weighted by Crippen LogP contribution is 2.67. The Morgan fingerprint density at radius 3 is 1.72 bits per heavy atom. The molecule has 3 aromatic rings. The van der Waals surface area contributed by atoms with Gasteiger partial charge in [-0.25, -0.2) is 0 Å². The number of ether oxygens (including phenoxy) is 2. The zero-order valence-electron chi connectivity index (χ0n) is 30.3. The highest BCUT2D eigenvalue weighted by atomic mass is 16.5. The van der Waals surface area contributed by atoms with Crippen molar-refractivity contribution in [3.63, 3.8) is 0 Å². The van der Waals surface area contributed by atoms with Gasteiger partial charge in [-0.15, -0.1) is 0 Å². The van der Waals surface area contributed by atoms with Gasteiger partial charge >= 0.3 is 0 Å². The van der Waals surface area contributed by atoms with Gasteiger partial charge in [0.1, 0.15) is 11.9 Å². The fourth-order valence-corrected chi connectivity index (χ4v) is 9.25. The van der Waals surface area contributed by atoms with Gasteiger partial charge in [-0.05, 0) is 90.5 Å². The van der Waals surface area contributed by atoms with Crippen LogP contribution in [0.25, 0.3) is 11.1 Å². The fraction of sp³-hybridized carbons (Fsp3) is 0.545. The van der Waals surface area contributed by atoms with Crippen molar-refractivity contribution in [3.8, 4) is 16.9 Å². The molecule has 5 aliphatic rings. The lowest BCUT2D eigenvalue weighted by Gasteiger charge is -2.43. The van der Waals surface area contributed by atoms with Crippen molar-refractivity contribution in [1.82, 2.24) is 0 Å². The minimum Gasteiger partial charge on any atom is -0.484 e. The third-order valence-corrected chi connectivity index (χ3v) is 12.1. The van der Waals surface area contributed by atoms with E-state index < -0.39 is 0 Å². The third kappa shape index (κ3) is 4.38. The second kappa shape index (κ2) is 9.40. The quantitative estimate of drug-likeness (QED) is 0.235. The second-order valence-electron chi connectivity index (χ2n) is 19.4. The SMILES string of the molecule is CC(C)(C)c1ccc2c(c1)C1c3cc(C(C)(C)C)cc4c3-c3c(cc(C(C)(C)C)cc3C3C4OC4C=CC(C(C)(C)C)CC43)C1O2. The number of benzene rings is 3. The maximum atomic E-state index is 7.25. The molecule has 8 rings (SSSR count). The standard InChI is InChI=1S/C44H54O2/c1-41(2,3)23-13-15-33-27(17-23)37-29-19-25(43(7,8)9)22-32-35(29)36-30(20-26(44(10,11)12)21-31(36)39(37)45-33)38-28-18-24(42(4,5)6)14-16-34(28)46-40(32)38/h13-17,19-22,24,28,34,37-40H,18H2,1-12H3. The van der Waals surface area contributed by atoms with Crippen molar-refractivity contribution in [2.75, 3.05) is 0 Å². The van der Waals surface area contributed by atoms with Gasteiger partial charge in [0, 0.05) is 17.0 Å². The fourth-order valence-electron chi connectivity index (χ4n) is 9.25. The number of allylic oxidation sites excluding steroid dienone is 1. The van der Waals surface area contributed by atoms with Crippen LogP contribution in [0.1, 0.15) is 158 Å². The number of fused-ring (bicyclic) bond motifs is 10. The normalized spacial score (nSPS) is 29.0. The highest BCUT2D eigenvalue weighted by molar-refractivity contribution is 5.86. The average Bonchev–Trinajstić information content (AvgIpc) is 3.53. The first kappa shape index (κ1) is 30.5. The van der Waals surface area contributed by atoms with Crippen LogP contribution in [0, 0.1) is 17.3 Å². The van der Waals surface area contributed by atoms with Crippen molar-refractivity contribution in [2.24, 2.45) is 17.3 Å². The van der Waals surface area contributed by atoms with Crippen molar-refractivity contribution >= 4 is 0 Å². The van der Waals surface area contributed by atoms with Crippen LogP contribution >= 0.6 is 0 Å². The molecule has 2 heteroatoms. The maximum Gasteiger partial charge on any atom is 0.135 e.